The highest BCUT2D eigenvalue weighted by molar-refractivity contribution is 5.22. The van der Waals surface area contributed by atoms with E-state index >= 15 is 0 Å². The maximum absolute atomic E-state index is 12.9. The third-order valence-electron chi connectivity index (χ3n) is 2.79. The van der Waals surface area contributed by atoms with E-state index in [0.717, 1.165) is 37.3 Å². The van der Waals surface area contributed by atoms with Crippen LogP contribution >= 0.6 is 0 Å². The molecule has 1 aliphatic carbocycles. The van der Waals surface area contributed by atoms with E-state index in [1.165, 1.54) is 12.1 Å². The molecule has 2 heteroatoms. The van der Waals surface area contributed by atoms with Crippen LogP contribution in [0.5, 0.6) is 0 Å². The minimum absolute atomic E-state index is 0.338. The first kappa shape index (κ1) is 9.63. The lowest BCUT2D eigenvalue weighted by Gasteiger charge is -2.21. The van der Waals surface area contributed by atoms with E-state index in [0.29, 0.717) is 5.92 Å². The van der Waals surface area contributed by atoms with E-state index < -0.39 is 11.6 Å². The molecule has 75 valence electrons. The van der Waals surface area contributed by atoms with Crippen molar-refractivity contribution >= 4 is 0 Å². The molecule has 0 nitrogen and oxygen atoms in total. The van der Waals surface area contributed by atoms with Gasteiger partial charge in [0.1, 0.15) is 11.6 Å². The molecule has 0 atom stereocenters. The van der Waals surface area contributed by atoms with Gasteiger partial charge in [-0.15, -0.1) is 0 Å². The van der Waals surface area contributed by atoms with Crippen LogP contribution in [0.3, 0.4) is 0 Å². The van der Waals surface area contributed by atoms with Crippen LogP contribution in [-0.4, -0.2) is 0 Å². The van der Waals surface area contributed by atoms with Gasteiger partial charge in [-0.2, -0.15) is 0 Å². The highest BCUT2D eigenvalue weighted by Gasteiger charge is 2.16. The third kappa shape index (κ3) is 2.11. The molecule has 1 saturated carbocycles. The average molecular weight is 195 g/mol. The SMILES string of the molecule is Fc1cc(F)cc(C2CC[CH]CC2)c1. The fourth-order valence-corrected chi connectivity index (χ4v) is 2.07. The van der Waals surface area contributed by atoms with Crippen LogP contribution in [0.15, 0.2) is 18.2 Å². The van der Waals surface area contributed by atoms with Crippen molar-refractivity contribution in [2.75, 3.05) is 0 Å². The lowest BCUT2D eigenvalue weighted by Crippen LogP contribution is -2.05. The van der Waals surface area contributed by atoms with Gasteiger partial charge in [0.2, 0.25) is 0 Å². The van der Waals surface area contributed by atoms with Gasteiger partial charge in [-0.25, -0.2) is 8.78 Å². The Bertz CT molecular complexity index is 294. The molecule has 0 amide bonds. The Morgan fingerprint density at radius 3 is 2.07 bits per heavy atom. The largest absolute Gasteiger partial charge is 0.207 e. The van der Waals surface area contributed by atoms with Crippen LogP contribution in [0.2, 0.25) is 0 Å². The maximum Gasteiger partial charge on any atom is 0.126 e. The van der Waals surface area contributed by atoms with Crippen molar-refractivity contribution in [3.63, 3.8) is 0 Å². The number of hydrogen-bond donors (Lipinski definition) is 0. The molecule has 1 fully saturated rings. The predicted octanol–water partition coefficient (Wildman–Crippen LogP) is 3.83. The zero-order valence-electron chi connectivity index (χ0n) is 7.97. The van der Waals surface area contributed by atoms with Gasteiger partial charge < -0.3 is 0 Å². The van der Waals surface area contributed by atoms with Crippen molar-refractivity contribution in [2.24, 2.45) is 0 Å². The molecule has 0 N–H and O–H groups in total. The fourth-order valence-electron chi connectivity index (χ4n) is 2.07. The minimum Gasteiger partial charge on any atom is -0.207 e. The van der Waals surface area contributed by atoms with Gasteiger partial charge in [0.15, 0.2) is 0 Å². The van der Waals surface area contributed by atoms with Crippen molar-refractivity contribution in [2.45, 2.75) is 31.6 Å². The van der Waals surface area contributed by atoms with Crippen LogP contribution in [-0.2, 0) is 0 Å². The zero-order chi connectivity index (χ0) is 9.97. The summed E-state index contributed by atoms with van der Waals surface area (Å²) < 4.78 is 25.9. The van der Waals surface area contributed by atoms with Crippen molar-refractivity contribution in [3.05, 3.63) is 41.8 Å². The first-order valence-electron chi connectivity index (χ1n) is 5.03. The summed E-state index contributed by atoms with van der Waals surface area (Å²) in [5.74, 6) is -0.589. The fraction of sp³-hybridized carbons (Fsp3) is 0.417. The van der Waals surface area contributed by atoms with Crippen LogP contribution in [0.25, 0.3) is 0 Å². The first-order valence-corrected chi connectivity index (χ1v) is 5.03. The lowest BCUT2D eigenvalue weighted by atomic mass is 9.84. The molecule has 14 heavy (non-hydrogen) atoms. The summed E-state index contributed by atoms with van der Waals surface area (Å²) in [7, 11) is 0. The summed E-state index contributed by atoms with van der Waals surface area (Å²) >= 11 is 0. The molecule has 0 unspecified atom stereocenters. The second-order valence-electron chi connectivity index (χ2n) is 3.84. The molecule has 0 aliphatic heterocycles. The first-order chi connectivity index (χ1) is 6.75. The molecule has 0 heterocycles. The van der Waals surface area contributed by atoms with Crippen molar-refractivity contribution < 1.29 is 8.78 Å². The normalized spacial score (nSPS) is 18.4. The van der Waals surface area contributed by atoms with Gasteiger partial charge in [0, 0.05) is 6.07 Å². The summed E-state index contributed by atoms with van der Waals surface area (Å²) in [5.41, 5.74) is 0.815. The molecule has 1 radical (unpaired) electrons. The highest BCUT2D eigenvalue weighted by Crippen LogP contribution is 2.32. The van der Waals surface area contributed by atoms with Crippen molar-refractivity contribution in [1.29, 1.82) is 0 Å². The Labute approximate surface area is 82.9 Å². The van der Waals surface area contributed by atoms with Crippen LogP contribution in [0.1, 0.15) is 37.2 Å². The molecule has 1 aliphatic rings. The van der Waals surface area contributed by atoms with E-state index in [1.54, 1.807) is 0 Å². The number of benzene rings is 1. The predicted molar refractivity (Wildman–Crippen MR) is 51.9 cm³/mol. The van der Waals surface area contributed by atoms with Gasteiger partial charge in [-0.3, -0.25) is 0 Å². The van der Waals surface area contributed by atoms with Gasteiger partial charge in [0.05, 0.1) is 0 Å². The van der Waals surface area contributed by atoms with Crippen LogP contribution in [0, 0.1) is 18.1 Å². The van der Waals surface area contributed by atoms with E-state index in [4.69, 9.17) is 0 Å². The monoisotopic (exact) mass is 195 g/mol. The Morgan fingerprint density at radius 2 is 1.50 bits per heavy atom. The standard InChI is InChI=1S/C12H13F2/c13-11-6-10(7-12(14)8-11)9-4-2-1-3-5-9/h1,6-9H,2-5H2. The quantitative estimate of drug-likeness (QED) is 0.639. The molecule has 0 spiro atoms. The Balaban J connectivity index is 2.21. The van der Waals surface area contributed by atoms with Gasteiger partial charge in [-0.1, -0.05) is 0 Å². The van der Waals surface area contributed by atoms with E-state index in [1.807, 2.05) is 0 Å². The molecule has 0 aromatic heterocycles. The molecule has 0 saturated heterocycles. The summed E-state index contributed by atoms with van der Waals surface area (Å²) in [6.07, 6.45) is 6.39. The number of rotatable bonds is 1. The molecular formula is C12H13F2. The van der Waals surface area contributed by atoms with Crippen molar-refractivity contribution in [1.82, 2.24) is 0 Å². The molecule has 1 aromatic rings. The second kappa shape index (κ2) is 4.07. The number of hydrogen-bond acceptors (Lipinski definition) is 0. The Hall–Kier alpha value is -0.920. The lowest BCUT2D eigenvalue weighted by molar-refractivity contribution is 0.501. The maximum atomic E-state index is 12.9. The zero-order valence-corrected chi connectivity index (χ0v) is 7.97. The van der Waals surface area contributed by atoms with Gasteiger partial charge in [-0.05, 0) is 55.7 Å². The van der Waals surface area contributed by atoms with E-state index in [9.17, 15) is 8.78 Å². The number of halogens is 2. The van der Waals surface area contributed by atoms with E-state index in [2.05, 4.69) is 6.42 Å². The van der Waals surface area contributed by atoms with Crippen LogP contribution in [0.4, 0.5) is 8.78 Å². The summed E-state index contributed by atoms with van der Waals surface area (Å²) in [6, 6.07) is 3.84. The molecule has 1 aromatic carbocycles. The molecule has 2 rings (SSSR count). The van der Waals surface area contributed by atoms with Gasteiger partial charge >= 0.3 is 0 Å². The third-order valence-corrected chi connectivity index (χ3v) is 2.79. The van der Waals surface area contributed by atoms with E-state index in [-0.39, 0.29) is 0 Å². The Morgan fingerprint density at radius 1 is 0.929 bits per heavy atom. The molecular weight excluding hydrogens is 182 g/mol. The smallest absolute Gasteiger partial charge is 0.126 e. The highest BCUT2D eigenvalue weighted by atomic mass is 19.1. The van der Waals surface area contributed by atoms with Crippen molar-refractivity contribution in [3.8, 4) is 0 Å². The summed E-state index contributed by atoms with van der Waals surface area (Å²) in [6.45, 7) is 0. The second-order valence-corrected chi connectivity index (χ2v) is 3.84. The summed E-state index contributed by atoms with van der Waals surface area (Å²) in [5, 5.41) is 0. The topological polar surface area (TPSA) is 0 Å². The average Bonchev–Trinajstić information content (AvgIpc) is 2.18. The summed E-state index contributed by atoms with van der Waals surface area (Å²) in [4.78, 5) is 0. The van der Waals surface area contributed by atoms with Crippen LogP contribution < -0.4 is 0 Å². The minimum atomic E-state index is -0.463. The Kier molecular flexibility index (Phi) is 2.80. The molecule has 0 bridgehead atoms. The van der Waals surface area contributed by atoms with Gasteiger partial charge in [0.25, 0.3) is 0 Å².